The summed E-state index contributed by atoms with van der Waals surface area (Å²) in [6.07, 6.45) is 6.25. The minimum Gasteiger partial charge on any atom is -0.349 e. The van der Waals surface area contributed by atoms with Gasteiger partial charge in [0.1, 0.15) is 0 Å². The van der Waals surface area contributed by atoms with Gasteiger partial charge >= 0.3 is 0 Å². The first-order valence-corrected chi connectivity index (χ1v) is 7.54. The average Bonchev–Trinajstić information content (AvgIpc) is 2.94. The van der Waals surface area contributed by atoms with E-state index >= 15 is 0 Å². The Bertz CT molecular complexity index is 634. The van der Waals surface area contributed by atoms with E-state index in [4.69, 9.17) is 0 Å². The summed E-state index contributed by atoms with van der Waals surface area (Å²) in [4.78, 5) is 14.7. The van der Waals surface area contributed by atoms with Gasteiger partial charge in [-0.05, 0) is 58.0 Å². The van der Waals surface area contributed by atoms with Gasteiger partial charge in [0.05, 0.1) is 11.7 Å². The zero-order valence-corrected chi connectivity index (χ0v) is 12.6. The summed E-state index contributed by atoms with van der Waals surface area (Å²) in [6, 6.07) is 6.49. The van der Waals surface area contributed by atoms with Crippen molar-refractivity contribution in [2.45, 2.75) is 37.8 Å². The molecule has 2 aromatic rings. The Morgan fingerprint density at radius 3 is 3.05 bits per heavy atom. The van der Waals surface area contributed by atoms with E-state index in [0.717, 1.165) is 23.7 Å². The van der Waals surface area contributed by atoms with Crippen LogP contribution >= 0.6 is 0 Å². The number of carbonyl (C=O) groups is 1. The van der Waals surface area contributed by atoms with E-state index in [1.807, 2.05) is 18.2 Å². The molecule has 0 saturated heterocycles. The van der Waals surface area contributed by atoms with Gasteiger partial charge in [-0.2, -0.15) is 5.10 Å². The molecule has 0 unspecified atom stereocenters. The first-order chi connectivity index (χ1) is 10.1. The van der Waals surface area contributed by atoms with Crippen LogP contribution in [0.4, 0.5) is 0 Å². The molecular weight excluding hydrogens is 264 g/mol. The lowest BCUT2D eigenvalue weighted by Gasteiger charge is -2.33. The van der Waals surface area contributed by atoms with Crippen molar-refractivity contribution in [3.8, 4) is 0 Å². The molecule has 5 nitrogen and oxygen atoms in total. The van der Waals surface area contributed by atoms with Gasteiger partial charge in [0.15, 0.2) is 0 Å². The zero-order valence-electron chi connectivity index (χ0n) is 12.6. The van der Waals surface area contributed by atoms with Gasteiger partial charge in [-0.15, -0.1) is 0 Å². The average molecular weight is 286 g/mol. The number of hydrogen-bond acceptors (Lipinski definition) is 3. The molecule has 1 fully saturated rings. The number of H-pyrrole nitrogens is 1. The quantitative estimate of drug-likeness (QED) is 0.909. The Labute approximate surface area is 124 Å². The van der Waals surface area contributed by atoms with E-state index in [1.165, 1.54) is 12.8 Å². The third-order valence-corrected chi connectivity index (χ3v) is 4.41. The molecular formula is C16H22N4O. The molecule has 2 N–H and O–H groups in total. The number of amides is 1. The summed E-state index contributed by atoms with van der Waals surface area (Å²) in [5.41, 5.74) is 1.66. The maximum atomic E-state index is 12.4. The van der Waals surface area contributed by atoms with E-state index in [-0.39, 0.29) is 11.9 Å². The van der Waals surface area contributed by atoms with Crippen LogP contribution in [-0.4, -0.2) is 47.2 Å². The Hall–Kier alpha value is -1.88. The fourth-order valence-corrected chi connectivity index (χ4v) is 3.12. The van der Waals surface area contributed by atoms with Gasteiger partial charge in [-0.3, -0.25) is 9.89 Å². The molecule has 1 aromatic carbocycles. The molecule has 0 bridgehead atoms. The number of aromatic amines is 1. The van der Waals surface area contributed by atoms with Crippen LogP contribution < -0.4 is 5.32 Å². The molecule has 21 heavy (non-hydrogen) atoms. The molecule has 112 valence electrons. The number of aromatic nitrogens is 2. The predicted molar refractivity (Wildman–Crippen MR) is 83.3 cm³/mol. The highest BCUT2D eigenvalue weighted by Gasteiger charge is 2.24. The van der Waals surface area contributed by atoms with Gasteiger partial charge < -0.3 is 10.2 Å². The van der Waals surface area contributed by atoms with Crippen LogP contribution in [0.25, 0.3) is 10.9 Å². The van der Waals surface area contributed by atoms with Crippen molar-refractivity contribution >= 4 is 16.8 Å². The highest BCUT2D eigenvalue weighted by Crippen LogP contribution is 2.22. The van der Waals surface area contributed by atoms with E-state index in [1.54, 1.807) is 6.20 Å². The number of carbonyl (C=O) groups excluding carboxylic acids is 1. The number of hydrogen-bond donors (Lipinski definition) is 2. The van der Waals surface area contributed by atoms with Crippen LogP contribution in [0, 0.1) is 0 Å². The highest BCUT2D eigenvalue weighted by atomic mass is 16.1. The summed E-state index contributed by atoms with van der Waals surface area (Å²) < 4.78 is 0. The largest absolute Gasteiger partial charge is 0.349 e. The molecule has 0 radical (unpaired) electrons. The summed E-state index contributed by atoms with van der Waals surface area (Å²) in [5, 5.41) is 11.0. The van der Waals surface area contributed by atoms with Crippen molar-refractivity contribution in [1.82, 2.24) is 20.4 Å². The number of rotatable bonds is 3. The Balaban J connectivity index is 1.67. The Morgan fingerprint density at radius 1 is 1.38 bits per heavy atom. The predicted octanol–water partition coefficient (Wildman–Crippen LogP) is 2.17. The Kier molecular flexibility index (Phi) is 3.92. The smallest absolute Gasteiger partial charge is 0.251 e. The molecule has 1 saturated carbocycles. The molecule has 0 spiro atoms. The summed E-state index contributed by atoms with van der Waals surface area (Å²) in [5.74, 6) is 0.0162. The fraction of sp³-hybridized carbons (Fsp3) is 0.500. The van der Waals surface area contributed by atoms with Gasteiger partial charge in [0.25, 0.3) is 5.91 Å². The van der Waals surface area contributed by atoms with Crippen LogP contribution in [0.2, 0.25) is 0 Å². The van der Waals surface area contributed by atoms with Gasteiger partial charge in [0.2, 0.25) is 0 Å². The van der Waals surface area contributed by atoms with E-state index in [9.17, 15) is 4.79 Å². The van der Waals surface area contributed by atoms with Crippen LogP contribution in [0.15, 0.2) is 24.4 Å². The minimum atomic E-state index is 0.0162. The van der Waals surface area contributed by atoms with Crippen LogP contribution in [-0.2, 0) is 0 Å². The van der Waals surface area contributed by atoms with Gasteiger partial charge in [-0.25, -0.2) is 0 Å². The normalized spacial score (nSPS) is 22.6. The summed E-state index contributed by atoms with van der Waals surface area (Å²) >= 11 is 0. The molecule has 1 heterocycles. The first kappa shape index (κ1) is 14.1. The van der Waals surface area contributed by atoms with Crippen molar-refractivity contribution in [3.63, 3.8) is 0 Å². The van der Waals surface area contributed by atoms with Gasteiger partial charge in [0, 0.05) is 23.0 Å². The topological polar surface area (TPSA) is 61.0 Å². The maximum Gasteiger partial charge on any atom is 0.251 e. The summed E-state index contributed by atoms with van der Waals surface area (Å²) in [6.45, 7) is 0. The second kappa shape index (κ2) is 5.85. The lowest BCUT2D eigenvalue weighted by atomic mass is 9.90. The van der Waals surface area contributed by atoms with Gasteiger partial charge in [-0.1, -0.05) is 0 Å². The molecule has 1 aliphatic carbocycles. The number of fused-ring (bicyclic) bond motifs is 1. The molecule has 5 heteroatoms. The third-order valence-electron chi connectivity index (χ3n) is 4.41. The zero-order chi connectivity index (χ0) is 14.8. The molecule has 1 aromatic heterocycles. The minimum absolute atomic E-state index is 0.0162. The van der Waals surface area contributed by atoms with Crippen molar-refractivity contribution < 1.29 is 4.79 Å². The number of benzene rings is 1. The second-order valence-electron chi connectivity index (χ2n) is 6.13. The monoisotopic (exact) mass is 286 g/mol. The lowest BCUT2D eigenvalue weighted by molar-refractivity contribution is 0.0911. The lowest BCUT2D eigenvalue weighted by Crippen LogP contribution is -2.43. The molecule has 0 aliphatic heterocycles. The number of nitrogens with one attached hydrogen (secondary N) is 2. The van der Waals surface area contributed by atoms with E-state index in [2.05, 4.69) is 34.5 Å². The molecule has 1 aliphatic rings. The van der Waals surface area contributed by atoms with E-state index < -0.39 is 0 Å². The Morgan fingerprint density at radius 2 is 2.24 bits per heavy atom. The number of nitrogens with zero attached hydrogens (tertiary/aromatic N) is 2. The van der Waals surface area contributed by atoms with E-state index in [0.29, 0.717) is 11.6 Å². The van der Waals surface area contributed by atoms with Crippen molar-refractivity contribution in [2.24, 2.45) is 0 Å². The molecule has 2 atom stereocenters. The first-order valence-electron chi connectivity index (χ1n) is 7.54. The fourth-order valence-electron chi connectivity index (χ4n) is 3.12. The summed E-state index contributed by atoms with van der Waals surface area (Å²) in [7, 11) is 4.23. The third kappa shape index (κ3) is 3.08. The highest BCUT2D eigenvalue weighted by molar-refractivity contribution is 5.98. The standard InChI is InChI=1S/C16H22N4O/c1-20(2)14-5-3-4-13(9-14)18-16(21)11-6-7-15-12(8-11)10-17-19-15/h6-8,10,13-14H,3-5,9H2,1-2H3,(H,17,19)(H,18,21)/t13-,14-/m0/s1. The van der Waals surface area contributed by atoms with Crippen molar-refractivity contribution in [3.05, 3.63) is 30.0 Å². The van der Waals surface area contributed by atoms with Crippen LogP contribution in [0.1, 0.15) is 36.0 Å². The molecule has 3 rings (SSSR count). The second-order valence-corrected chi connectivity index (χ2v) is 6.13. The SMILES string of the molecule is CN(C)[C@H]1CCC[C@H](NC(=O)c2ccc3[nH]ncc3c2)C1. The van der Waals surface area contributed by atoms with Crippen molar-refractivity contribution in [2.75, 3.05) is 14.1 Å². The maximum absolute atomic E-state index is 12.4. The van der Waals surface area contributed by atoms with Crippen LogP contribution in [0.3, 0.4) is 0 Å². The van der Waals surface area contributed by atoms with Crippen LogP contribution in [0.5, 0.6) is 0 Å². The molecule has 1 amide bonds. The van der Waals surface area contributed by atoms with Crippen molar-refractivity contribution in [1.29, 1.82) is 0 Å².